The van der Waals surface area contributed by atoms with Crippen LogP contribution in [0.5, 0.6) is 0 Å². The van der Waals surface area contributed by atoms with Crippen LogP contribution in [-0.2, 0) is 6.54 Å². The van der Waals surface area contributed by atoms with Crippen LogP contribution in [-0.4, -0.2) is 19.5 Å². The Morgan fingerprint density at radius 1 is 0.600 bits per heavy atom. The summed E-state index contributed by atoms with van der Waals surface area (Å²) in [7, 11) is 0. The van der Waals surface area contributed by atoms with Gasteiger partial charge in [-0.3, -0.25) is 24.3 Å². The first-order valence-electron chi connectivity index (χ1n) is 12.1. The molecule has 0 aliphatic rings. The summed E-state index contributed by atoms with van der Waals surface area (Å²) in [5, 5.41) is 0. The van der Waals surface area contributed by atoms with Gasteiger partial charge in [-0.05, 0) is 6.42 Å². The van der Waals surface area contributed by atoms with Crippen molar-refractivity contribution in [3.05, 3.63) is 31.3 Å². The third-order valence-electron chi connectivity index (χ3n) is 5.90. The van der Waals surface area contributed by atoms with E-state index in [1.54, 1.807) is 0 Å². The van der Waals surface area contributed by atoms with Crippen molar-refractivity contribution in [2.75, 3.05) is 0 Å². The number of imidazole rings is 1. The Balaban J connectivity index is 1.46. The molecule has 7 nitrogen and oxygen atoms in total. The molecule has 0 spiro atoms. The number of fused-ring (bicyclic) bond motifs is 1. The summed E-state index contributed by atoms with van der Waals surface area (Å²) in [4.78, 5) is 43.0. The predicted molar refractivity (Wildman–Crippen MR) is 123 cm³/mol. The maximum atomic E-state index is 12.3. The molecule has 0 atom stereocenters. The molecule has 2 rings (SSSR count). The second-order valence-electron chi connectivity index (χ2n) is 8.52. The van der Waals surface area contributed by atoms with Crippen molar-refractivity contribution < 1.29 is 0 Å². The molecule has 0 radical (unpaired) electrons. The van der Waals surface area contributed by atoms with Crippen LogP contribution in [0.1, 0.15) is 110 Å². The van der Waals surface area contributed by atoms with E-state index in [2.05, 4.69) is 21.9 Å². The standard InChI is InChI=1S/C23H40N4O3/c1-2-3-4-5-6-7-8-9-10-11-12-13-14-15-16-17-18-27-21(28)19-20(26-23(27)30)25-22(29)24-19/h2-18H2,1H3,(H,26,30)(H2,24,25,29). The molecule has 0 aromatic carbocycles. The van der Waals surface area contributed by atoms with E-state index >= 15 is 0 Å². The molecule has 0 unspecified atom stereocenters. The van der Waals surface area contributed by atoms with Crippen LogP contribution in [0.25, 0.3) is 11.2 Å². The largest absolute Gasteiger partial charge is 0.330 e. The lowest BCUT2D eigenvalue weighted by Crippen LogP contribution is -2.35. The average molecular weight is 421 g/mol. The lowest BCUT2D eigenvalue weighted by molar-refractivity contribution is 0.514. The molecule has 3 N–H and O–H groups in total. The van der Waals surface area contributed by atoms with Crippen LogP contribution in [0.15, 0.2) is 14.4 Å². The van der Waals surface area contributed by atoms with Gasteiger partial charge < -0.3 is 0 Å². The molecular weight excluding hydrogens is 380 g/mol. The van der Waals surface area contributed by atoms with E-state index in [9.17, 15) is 14.4 Å². The lowest BCUT2D eigenvalue weighted by atomic mass is 10.0. The van der Waals surface area contributed by atoms with Gasteiger partial charge in [-0.2, -0.15) is 0 Å². The fraction of sp³-hybridized carbons (Fsp3) is 0.783. The molecular formula is C23H40N4O3. The van der Waals surface area contributed by atoms with Gasteiger partial charge >= 0.3 is 11.4 Å². The third kappa shape index (κ3) is 8.36. The Labute approximate surface area is 178 Å². The number of aromatic nitrogens is 4. The van der Waals surface area contributed by atoms with Gasteiger partial charge in [-0.25, -0.2) is 9.59 Å². The molecule has 2 heterocycles. The SMILES string of the molecule is CCCCCCCCCCCCCCCCCCn1c(=O)[nH]c2[nH]c(=O)[nH]c2c1=O. The van der Waals surface area contributed by atoms with Gasteiger partial charge in [0.1, 0.15) is 5.65 Å². The number of unbranched alkanes of at least 4 members (excludes halogenated alkanes) is 15. The number of rotatable bonds is 17. The molecule has 0 saturated heterocycles. The zero-order chi connectivity index (χ0) is 21.6. The summed E-state index contributed by atoms with van der Waals surface area (Å²) in [5.74, 6) is 0. The van der Waals surface area contributed by atoms with Crippen LogP contribution in [0.4, 0.5) is 0 Å². The van der Waals surface area contributed by atoms with Crippen LogP contribution in [0, 0.1) is 0 Å². The highest BCUT2D eigenvalue weighted by Gasteiger charge is 2.09. The van der Waals surface area contributed by atoms with Gasteiger partial charge in [-0.1, -0.05) is 103 Å². The number of aromatic amines is 3. The summed E-state index contributed by atoms with van der Waals surface area (Å²) in [6.45, 7) is 2.65. The molecule has 30 heavy (non-hydrogen) atoms. The van der Waals surface area contributed by atoms with Crippen molar-refractivity contribution in [3.8, 4) is 0 Å². The Morgan fingerprint density at radius 2 is 1.07 bits per heavy atom. The highest BCUT2D eigenvalue weighted by molar-refractivity contribution is 5.67. The molecule has 0 amide bonds. The van der Waals surface area contributed by atoms with Crippen LogP contribution >= 0.6 is 0 Å². The second kappa shape index (κ2) is 14.0. The number of hydrogen-bond donors (Lipinski definition) is 3. The Kier molecular flexibility index (Phi) is 11.3. The van der Waals surface area contributed by atoms with Crippen molar-refractivity contribution in [2.24, 2.45) is 0 Å². The van der Waals surface area contributed by atoms with Gasteiger partial charge in [0.05, 0.1) is 0 Å². The van der Waals surface area contributed by atoms with Crippen LogP contribution in [0.3, 0.4) is 0 Å². The summed E-state index contributed by atoms with van der Waals surface area (Å²) < 4.78 is 1.18. The summed E-state index contributed by atoms with van der Waals surface area (Å²) in [6.07, 6.45) is 20.6. The quantitative estimate of drug-likeness (QED) is 0.315. The van der Waals surface area contributed by atoms with Gasteiger partial charge in [0.15, 0.2) is 5.52 Å². The molecule has 2 aromatic rings. The molecule has 0 saturated carbocycles. The summed E-state index contributed by atoms with van der Waals surface area (Å²) in [6, 6.07) is 0. The molecule has 0 fully saturated rings. The minimum atomic E-state index is -0.488. The van der Waals surface area contributed by atoms with Crippen molar-refractivity contribution in [1.29, 1.82) is 0 Å². The number of nitrogens with zero attached hydrogens (tertiary/aromatic N) is 1. The fourth-order valence-corrected chi connectivity index (χ4v) is 4.06. The van der Waals surface area contributed by atoms with E-state index in [-0.39, 0.29) is 11.2 Å². The lowest BCUT2D eigenvalue weighted by Gasteiger charge is -2.05. The van der Waals surface area contributed by atoms with E-state index in [0.29, 0.717) is 6.54 Å². The molecule has 0 bridgehead atoms. The zero-order valence-electron chi connectivity index (χ0n) is 18.7. The fourth-order valence-electron chi connectivity index (χ4n) is 4.06. The van der Waals surface area contributed by atoms with Crippen LogP contribution in [0.2, 0.25) is 0 Å². The summed E-state index contributed by atoms with van der Waals surface area (Å²) >= 11 is 0. The maximum Gasteiger partial charge on any atom is 0.330 e. The maximum absolute atomic E-state index is 12.3. The van der Waals surface area contributed by atoms with Gasteiger partial charge in [0.2, 0.25) is 0 Å². The third-order valence-corrected chi connectivity index (χ3v) is 5.90. The van der Waals surface area contributed by atoms with Crippen molar-refractivity contribution >= 4 is 11.2 Å². The molecule has 7 heteroatoms. The smallest absolute Gasteiger partial charge is 0.300 e. The Bertz CT molecular complexity index is 890. The summed E-state index contributed by atoms with van der Waals surface area (Å²) in [5.41, 5.74) is -1.09. The first kappa shape index (κ1) is 24.2. The molecule has 0 aliphatic carbocycles. The van der Waals surface area contributed by atoms with Gasteiger partial charge in [-0.15, -0.1) is 0 Å². The van der Waals surface area contributed by atoms with E-state index in [0.717, 1.165) is 19.3 Å². The monoisotopic (exact) mass is 420 g/mol. The number of hydrogen-bond acceptors (Lipinski definition) is 3. The first-order valence-corrected chi connectivity index (χ1v) is 12.1. The van der Waals surface area contributed by atoms with Crippen molar-refractivity contribution in [3.63, 3.8) is 0 Å². The van der Waals surface area contributed by atoms with E-state index < -0.39 is 16.9 Å². The number of H-pyrrole nitrogens is 3. The predicted octanol–water partition coefficient (Wildman–Crippen LogP) is 4.97. The normalized spacial score (nSPS) is 11.5. The highest BCUT2D eigenvalue weighted by Crippen LogP contribution is 2.13. The minimum absolute atomic E-state index is 0.135. The molecule has 0 aliphatic heterocycles. The molecule has 170 valence electrons. The number of nitrogens with one attached hydrogen (secondary N) is 3. The van der Waals surface area contributed by atoms with Crippen molar-refractivity contribution in [1.82, 2.24) is 19.5 Å². The molecule has 2 aromatic heterocycles. The van der Waals surface area contributed by atoms with E-state index in [1.807, 2.05) is 0 Å². The van der Waals surface area contributed by atoms with Crippen LogP contribution < -0.4 is 16.9 Å². The van der Waals surface area contributed by atoms with E-state index in [1.165, 1.54) is 88.0 Å². The average Bonchev–Trinajstić information content (AvgIpc) is 3.10. The Morgan fingerprint density at radius 3 is 1.57 bits per heavy atom. The topological polar surface area (TPSA) is 104 Å². The van der Waals surface area contributed by atoms with E-state index in [4.69, 9.17) is 0 Å². The Hall–Kier alpha value is -2.05. The zero-order valence-corrected chi connectivity index (χ0v) is 18.7. The first-order chi connectivity index (χ1) is 14.6. The highest BCUT2D eigenvalue weighted by atomic mass is 16.2. The van der Waals surface area contributed by atoms with Gasteiger partial charge in [0.25, 0.3) is 5.56 Å². The minimum Gasteiger partial charge on any atom is -0.300 e. The van der Waals surface area contributed by atoms with Crippen molar-refractivity contribution in [2.45, 2.75) is 116 Å². The second-order valence-corrected chi connectivity index (χ2v) is 8.52. The van der Waals surface area contributed by atoms with Gasteiger partial charge in [0, 0.05) is 6.54 Å².